The molecule has 1 aliphatic carbocycles. The van der Waals surface area contributed by atoms with Gasteiger partial charge >= 0.3 is 5.97 Å². The van der Waals surface area contributed by atoms with Crippen molar-refractivity contribution in [2.45, 2.75) is 31.3 Å². The number of nitrogens with one attached hydrogen (secondary N) is 1. The molecule has 1 fully saturated rings. The molecule has 0 unspecified atom stereocenters. The molecular formula is C7H14N2O2. The minimum Gasteiger partial charge on any atom is -0.481 e. The summed E-state index contributed by atoms with van der Waals surface area (Å²) in [6.07, 6.45) is 2.17. The Bertz CT molecular complexity index is 143. The number of carbonyl (C=O) groups is 1. The maximum absolute atomic E-state index is 10.1. The third-order valence-electron chi connectivity index (χ3n) is 1.95. The predicted molar refractivity (Wildman–Crippen MR) is 41.3 cm³/mol. The summed E-state index contributed by atoms with van der Waals surface area (Å²) in [7, 11) is 0. The van der Waals surface area contributed by atoms with Gasteiger partial charge in [-0.15, -0.1) is 0 Å². The smallest absolute Gasteiger partial charge is 0.304 e. The zero-order chi connectivity index (χ0) is 8.27. The van der Waals surface area contributed by atoms with Gasteiger partial charge in [-0.05, 0) is 12.8 Å². The quantitative estimate of drug-likeness (QED) is 0.517. The van der Waals surface area contributed by atoms with E-state index in [1.807, 2.05) is 0 Å². The van der Waals surface area contributed by atoms with Gasteiger partial charge in [-0.25, -0.2) is 0 Å². The Hall–Kier alpha value is -0.610. The van der Waals surface area contributed by atoms with E-state index in [0.717, 1.165) is 12.8 Å². The van der Waals surface area contributed by atoms with Crippen LogP contribution < -0.4 is 11.1 Å². The van der Waals surface area contributed by atoms with Crippen molar-refractivity contribution in [1.29, 1.82) is 0 Å². The molecular weight excluding hydrogens is 144 g/mol. The van der Waals surface area contributed by atoms with Gasteiger partial charge in [0.25, 0.3) is 0 Å². The van der Waals surface area contributed by atoms with Crippen molar-refractivity contribution in [3.63, 3.8) is 0 Å². The van der Waals surface area contributed by atoms with Crippen LogP contribution in [-0.2, 0) is 4.79 Å². The molecule has 1 rings (SSSR count). The summed E-state index contributed by atoms with van der Waals surface area (Å²) in [4.78, 5) is 10.1. The summed E-state index contributed by atoms with van der Waals surface area (Å²) in [6.45, 7) is 0.562. The lowest BCUT2D eigenvalue weighted by atomic mass is 9.88. The third kappa shape index (κ3) is 2.86. The molecule has 0 aromatic heterocycles. The molecule has 0 saturated heterocycles. The topological polar surface area (TPSA) is 75.3 Å². The van der Waals surface area contributed by atoms with Crippen LogP contribution in [0.5, 0.6) is 0 Å². The van der Waals surface area contributed by atoms with Gasteiger partial charge in [0.1, 0.15) is 0 Å². The lowest BCUT2D eigenvalue weighted by molar-refractivity contribution is -0.136. The van der Waals surface area contributed by atoms with Gasteiger partial charge in [-0.1, -0.05) is 0 Å². The molecule has 0 spiro atoms. The van der Waals surface area contributed by atoms with Crippen LogP contribution in [0.2, 0.25) is 0 Å². The molecule has 0 heterocycles. The second kappa shape index (κ2) is 3.69. The normalized spacial score (nSPS) is 29.5. The van der Waals surface area contributed by atoms with Gasteiger partial charge in [-0.2, -0.15) is 0 Å². The molecule has 4 N–H and O–H groups in total. The number of rotatable bonds is 4. The first kappa shape index (κ1) is 8.49. The summed E-state index contributed by atoms with van der Waals surface area (Å²) < 4.78 is 0. The lowest BCUT2D eigenvalue weighted by Crippen LogP contribution is -2.48. The van der Waals surface area contributed by atoms with E-state index in [0.29, 0.717) is 18.6 Å². The van der Waals surface area contributed by atoms with Gasteiger partial charge in [-0.3, -0.25) is 4.79 Å². The van der Waals surface area contributed by atoms with Crippen molar-refractivity contribution >= 4 is 5.97 Å². The summed E-state index contributed by atoms with van der Waals surface area (Å²) in [6, 6.07) is 0.793. The average Bonchev–Trinajstić information content (AvgIpc) is 1.83. The Kier molecular flexibility index (Phi) is 2.84. The Balaban J connectivity index is 1.92. The van der Waals surface area contributed by atoms with E-state index in [2.05, 4.69) is 5.32 Å². The number of aliphatic carboxylic acids is 1. The Labute approximate surface area is 65.8 Å². The van der Waals surface area contributed by atoms with Gasteiger partial charge in [0, 0.05) is 18.6 Å². The molecule has 4 nitrogen and oxygen atoms in total. The van der Waals surface area contributed by atoms with Gasteiger partial charge < -0.3 is 16.2 Å². The standard InChI is InChI=1S/C7H14N2O2/c8-5-3-6(4-5)9-2-1-7(10)11/h5-6,9H,1-4,8H2,(H,10,11). The highest BCUT2D eigenvalue weighted by Crippen LogP contribution is 2.16. The van der Waals surface area contributed by atoms with Crippen LogP contribution in [0.1, 0.15) is 19.3 Å². The van der Waals surface area contributed by atoms with E-state index in [4.69, 9.17) is 10.8 Å². The van der Waals surface area contributed by atoms with Crippen LogP contribution >= 0.6 is 0 Å². The maximum Gasteiger partial charge on any atom is 0.304 e. The summed E-state index contributed by atoms with van der Waals surface area (Å²) >= 11 is 0. The van der Waals surface area contributed by atoms with E-state index in [-0.39, 0.29) is 6.42 Å². The van der Waals surface area contributed by atoms with Crippen molar-refractivity contribution in [3.05, 3.63) is 0 Å². The highest BCUT2D eigenvalue weighted by atomic mass is 16.4. The van der Waals surface area contributed by atoms with Gasteiger partial charge in [0.2, 0.25) is 0 Å². The van der Waals surface area contributed by atoms with E-state index < -0.39 is 5.97 Å². The largest absolute Gasteiger partial charge is 0.481 e. The predicted octanol–water partition coefficient (Wildman–Crippen LogP) is -0.460. The van der Waals surface area contributed by atoms with Gasteiger partial charge in [0.05, 0.1) is 6.42 Å². The lowest BCUT2D eigenvalue weighted by Gasteiger charge is -2.33. The first-order valence-electron chi connectivity index (χ1n) is 3.89. The molecule has 64 valence electrons. The minimum atomic E-state index is -0.749. The van der Waals surface area contributed by atoms with Crippen LogP contribution in [0.15, 0.2) is 0 Å². The van der Waals surface area contributed by atoms with Crippen molar-refractivity contribution in [2.24, 2.45) is 5.73 Å². The zero-order valence-corrected chi connectivity index (χ0v) is 6.42. The zero-order valence-electron chi connectivity index (χ0n) is 6.42. The van der Waals surface area contributed by atoms with Gasteiger partial charge in [0.15, 0.2) is 0 Å². The summed E-state index contributed by atoms with van der Waals surface area (Å²) in [5.41, 5.74) is 5.54. The molecule has 0 aromatic rings. The summed E-state index contributed by atoms with van der Waals surface area (Å²) in [5, 5.41) is 11.4. The SMILES string of the molecule is NC1CC(NCCC(=O)O)C1. The summed E-state index contributed by atoms with van der Waals surface area (Å²) in [5.74, 6) is -0.749. The Morgan fingerprint density at radius 1 is 1.64 bits per heavy atom. The maximum atomic E-state index is 10.1. The Morgan fingerprint density at radius 2 is 2.27 bits per heavy atom. The molecule has 11 heavy (non-hydrogen) atoms. The molecule has 0 aliphatic heterocycles. The van der Waals surface area contributed by atoms with Crippen molar-refractivity contribution in [3.8, 4) is 0 Å². The second-order valence-corrected chi connectivity index (χ2v) is 3.03. The highest BCUT2D eigenvalue weighted by molar-refractivity contribution is 5.66. The van der Waals surface area contributed by atoms with E-state index in [1.54, 1.807) is 0 Å². The molecule has 0 aromatic carbocycles. The first-order valence-corrected chi connectivity index (χ1v) is 3.89. The van der Waals surface area contributed by atoms with E-state index in [9.17, 15) is 4.79 Å². The molecule has 1 aliphatic rings. The molecule has 1 saturated carbocycles. The van der Waals surface area contributed by atoms with Crippen molar-refractivity contribution in [1.82, 2.24) is 5.32 Å². The number of carboxylic acid groups (broad SMARTS) is 1. The number of hydrogen-bond acceptors (Lipinski definition) is 3. The molecule has 0 radical (unpaired) electrons. The highest BCUT2D eigenvalue weighted by Gasteiger charge is 2.24. The molecule has 0 amide bonds. The number of hydrogen-bond donors (Lipinski definition) is 3. The van der Waals surface area contributed by atoms with Crippen molar-refractivity contribution in [2.75, 3.05) is 6.54 Å². The number of carboxylic acids is 1. The second-order valence-electron chi connectivity index (χ2n) is 3.03. The van der Waals surface area contributed by atoms with Crippen LogP contribution in [0.3, 0.4) is 0 Å². The van der Waals surface area contributed by atoms with Crippen LogP contribution in [-0.4, -0.2) is 29.7 Å². The third-order valence-corrected chi connectivity index (χ3v) is 1.95. The van der Waals surface area contributed by atoms with Crippen LogP contribution in [0, 0.1) is 0 Å². The van der Waals surface area contributed by atoms with Crippen LogP contribution in [0.25, 0.3) is 0 Å². The fourth-order valence-electron chi connectivity index (χ4n) is 1.21. The van der Waals surface area contributed by atoms with Crippen LogP contribution in [0.4, 0.5) is 0 Å². The fourth-order valence-corrected chi connectivity index (χ4v) is 1.21. The van der Waals surface area contributed by atoms with E-state index in [1.165, 1.54) is 0 Å². The van der Waals surface area contributed by atoms with E-state index >= 15 is 0 Å². The fraction of sp³-hybridized carbons (Fsp3) is 0.857. The Morgan fingerprint density at radius 3 is 2.73 bits per heavy atom. The van der Waals surface area contributed by atoms with Crippen molar-refractivity contribution < 1.29 is 9.90 Å². The first-order chi connectivity index (χ1) is 5.18. The molecule has 4 heteroatoms. The average molecular weight is 158 g/mol. The monoisotopic (exact) mass is 158 g/mol. The molecule has 0 atom stereocenters. The minimum absolute atomic E-state index is 0.200. The molecule has 0 bridgehead atoms. The number of nitrogens with two attached hydrogens (primary N) is 1.